The summed E-state index contributed by atoms with van der Waals surface area (Å²) in [5, 5.41) is 7.32. The van der Waals surface area contributed by atoms with E-state index < -0.39 is 10.0 Å². The van der Waals surface area contributed by atoms with Gasteiger partial charge < -0.3 is 5.32 Å². The SMILES string of the molecule is CCn1ccc([C@H](C)NC(=O)[C@H]2CCCN(S(C)(=O)=O)C2)n1. The second-order valence-corrected chi connectivity index (χ2v) is 7.77. The summed E-state index contributed by atoms with van der Waals surface area (Å²) < 4.78 is 26.4. The Labute approximate surface area is 131 Å². The number of carbonyl (C=O) groups is 1. The molecule has 1 fully saturated rings. The third-order valence-electron chi connectivity index (χ3n) is 4.01. The first-order valence-electron chi connectivity index (χ1n) is 7.60. The van der Waals surface area contributed by atoms with Crippen LogP contribution in [0, 0.1) is 5.92 Å². The Kier molecular flexibility index (Phi) is 5.23. The van der Waals surface area contributed by atoms with E-state index in [0.717, 1.165) is 12.2 Å². The lowest BCUT2D eigenvalue weighted by atomic mass is 9.98. The van der Waals surface area contributed by atoms with E-state index in [1.54, 1.807) is 0 Å². The van der Waals surface area contributed by atoms with Crippen LogP contribution >= 0.6 is 0 Å². The fourth-order valence-electron chi connectivity index (χ4n) is 2.65. The average molecular weight is 328 g/mol. The number of rotatable bonds is 5. The summed E-state index contributed by atoms with van der Waals surface area (Å²) in [6.07, 6.45) is 4.50. The molecule has 1 saturated heterocycles. The van der Waals surface area contributed by atoms with Crippen molar-refractivity contribution in [2.24, 2.45) is 5.92 Å². The Morgan fingerprint density at radius 1 is 1.55 bits per heavy atom. The number of amides is 1. The van der Waals surface area contributed by atoms with Gasteiger partial charge in [0.15, 0.2) is 0 Å². The molecule has 0 aromatic carbocycles. The highest BCUT2D eigenvalue weighted by molar-refractivity contribution is 7.88. The van der Waals surface area contributed by atoms with Crippen LogP contribution in [0.3, 0.4) is 0 Å². The van der Waals surface area contributed by atoms with Crippen molar-refractivity contribution in [3.63, 3.8) is 0 Å². The number of piperidine rings is 1. The standard InChI is InChI=1S/C14H24N4O3S/c1-4-17-9-7-13(16-17)11(2)15-14(19)12-6-5-8-18(10-12)22(3,20)21/h7,9,11-12H,4-6,8,10H2,1-3H3,(H,15,19)/t11-,12-/m0/s1. The van der Waals surface area contributed by atoms with Crippen molar-refractivity contribution < 1.29 is 13.2 Å². The van der Waals surface area contributed by atoms with Crippen molar-refractivity contribution in [1.82, 2.24) is 19.4 Å². The average Bonchev–Trinajstić information content (AvgIpc) is 2.95. The summed E-state index contributed by atoms with van der Waals surface area (Å²) in [4.78, 5) is 12.4. The van der Waals surface area contributed by atoms with Gasteiger partial charge in [0.1, 0.15) is 0 Å². The van der Waals surface area contributed by atoms with E-state index in [1.807, 2.05) is 30.8 Å². The largest absolute Gasteiger partial charge is 0.348 e. The minimum absolute atomic E-state index is 0.105. The predicted octanol–water partition coefficient (Wildman–Crippen LogP) is 0.752. The fourth-order valence-corrected chi connectivity index (χ4v) is 3.56. The number of sulfonamides is 1. The molecular weight excluding hydrogens is 304 g/mol. The molecule has 0 radical (unpaired) electrons. The number of aromatic nitrogens is 2. The molecule has 2 heterocycles. The van der Waals surface area contributed by atoms with Crippen molar-refractivity contribution in [1.29, 1.82) is 0 Å². The molecule has 124 valence electrons. The van der Waals surface area contributed by atoms with Gasteiger partial charge in [-0.05, 0) is 32.8 Å². The Morgan fingerprint density at radius 2 is 2.27 bits per heavy atom. The third kappa shape index (κ3) is 4.07. The molecule has 0 unspecified atom stereocenters. The molecule has 1 amide bonds. The van der Waals surface area contributed by atoms with Gasteiger partial charge in [-0.15, -0.1) is 0 Å². The van der Waals surface area contributed by atoms with Crippen molar-refractivity contribution in [2.75, 3.05) is 19.3 Å². The molecule has 7 nitrogen and oxygen atoms in total. The van der Waals surface area contributed by atoms with Crippen molar-refractivity contribution >= 4 is 15.9 Å². The molecule has 2 rings (SSSR count). The molecule has 2 atom stereocenters. The maximum absolute atomic E-state index is 12.4. The lowest BCUT2D eigenvalue weighted by Gasteiger charge is -2.30. The van der Waals surface area contributed by atoms with Crippen molar-refractivity contribution in [2.45, 2.75) is 39.3 Å². The lowest BCUT2D eigenvalue weighted by molar-refractivity contribution is -0.126. The summed E-state index contributed by atoms with van der Waals surface area (Å²) in [5.41, 5.74) is 0.811. The molecule has 1 aromatic heterocycles. The van der Waals surface area contributed by atoms with E-state index >= 15 is 0 Å². The van der Waals surface area contributed by atoms with Gasteiger partial charge in [0.2, 0.25) is 15.9 Å². The number of aryl methyl sites for hydroxylation is 1. The maximum atomic E-state index is 12.4. The van der Waals surface area contributed by atoms with E-state index in [9.17, 15) is 13.2 Å². The number of carbonyl (C=O) groups excluding carboxylic acids is 1. The number of nitrogens with zero attached hydrogens (tertiary/aromatic N) is 3. The molecule has 22 heavy (non-hydrogen) atoms. The highest BCUT2D eigenvalue weighted by Gasteiger charge is 2.30. The highest BCUT2D eigenvalue weighted by atomic mass is 32.2. The van der Waals surface area contributed by atoms with Crippen LogP contribution in [0.2, 0.25) is 0 Å². The van der Waals surface area contributed by atoms with Crippen LogP contribution in [0.4, 0.5) is 0 Å². The van der Waals surface area contributed by atoms with Crippen LogP contribution in [-0.2, 0) is 21.4 Å². The van der Waals surface area contributed by atoms with Crippen molar-refractivity contribution in [3.8, 4) is 0 Å². The minimum atomic E-state index is -3.24. The quantitative estimate of drug-likeness (QED) is 0.864. The zero-order chi connectivity index (χ0) is 16.3. The Balaban J connectivity index is 1.96. The summed E-state index contributed by atoms with van der Waals surface area (Å²) >= 11 is 0. The van der Waals surface area contributed by atoms with Gasteiger partial charge in [0.05, 0.1) is 23.9 Å². The van der Waals surface area contributed by atoms with Gasteiger partial charge in [-0.1, -0.05) is 0 Å². The lowest BCUT2D eigenvalue weighted by Crippen LogP contribution is -2.45. The summed E-state index contributed by atoms with van der Waals surface area (Å²) in [7, 11) is -3.24. The third-order valence-corrected chi connectivity index (χ3v) is 5.28. The van der Waals surface area contributed by atoms with Crippen LogP contribution in [0.25, 0.3) is 0 Å². The Morgan fingerprint density at radius 3 is 2.86 bits per heavy atom. The highest BCUT2D eigenvalue weighted by Crippen LogP contribution is 2.20. The van der Waals surface area contributed by atoms with Crippen LogP contribution in [0.5, 0.6) is 0 Å². The molecular formula is C14H24N4O3S. The second kappa shape index (κ2) is 6.78. The normalized spacial score (nSPS) is 21.5. The number of hydrogen-bond acceptors (Lipinski definition) is 4. The molecule has 1 aliphatic heterocycles. The topological polar surface area (TPSA) is 84.3 Å². The molecule has 1 aromatic rings. The van der Waals surface area contributed by atoms with Crippen LogP contribution in [0.1, 0.15) is 38.4 Å². The smallest absolute Gasteiger partial charge is 0.224 e. The van der Waals surface area contributed by atoms with Crippen molar-refractivity contribution in [3.05, 3.63) is 18.0 Å². The number of nitrogens with one attached hydrogen (secondary N) is 1. The molecule has 0 aliphatic carbocycles. The molecule has 1 aliphatic rings. The van der Waals surface area contributed by atoms with E-state index in [1.165, 1.54) is 10.6 Å². The predicted molar refractivity (Wildman–Crippen MR) is 83.6 cm³/mol. The Hall–Kier alpha value is -1.41. The summed E-state index contributed by atoms with van der Waals surface area (Å²) in [6.45, 7) is 5.44. The number of hydrogen-bond donors (Lipinski definition) is 1. The molecule has 0 spiro atoms. The van der Waals surface area contributed by atoms with Gasteiger partial charge in [0.25, 0.3) is 0 Å². The first kappa shape index (κ1) is 17.0. The molecule has 0 bridgehead atoms. The van der Waals surface area contributed by atoms with Gasteiger partial charge in [-0.25, -0.2) is 12.7 Å². The Bertz CT molecular complexity index is 626. The van der Waals surface area contributed by atoms with E-state index in [2.05, 4.69) is 10.4 Å². The zero-order valence-corrected chi connectivity index (χ0v) is 14.1. The van der Waals surface area contributed by atoms with Gasteiger partial charge >= 0.3 is 0 Å². The monoisotopic (exact) mass is 328 g/mol. The summed E-state index contributed by atoms with van der Waals surface area (Å²) in [6, 6.07) is 1.70. The second-order valence-electron chi connectivity index (χ2n) is 5.79. The molecule has 8 heteroatoms. The maximum Gasteiger partial charge on any atom is 0.224 e. The first-order chi connectivity index (χ1) is 10.3. The van der Waals surface area contributed by atoms with E-state index in [0.29, 0.717) is 19.4 Å². The van der Waals surface area contributed by atoms with Gasteiger partial charge in [-0.3, -0.25) is 9.48 Å². The van der Waals surface area contributed by atoms with E-state index in [-0.39, 0.29) is 24.4 Å². The molecule has 0 saturated carbocycles. The zero-order valence-electron chi connectivity index (χ0n) is 13.3. The van der Waals surface area contributed by atoms with Crippen LogP contribution < -0.4 is 5.32 Å². The molecule has 1 N–H and O–H groups in total. The van der Waals surface area contributed by atoms with Gasteiger partial charge in [-0.2, -0.15) is 5.10 Å². The fraction of sp³-hybridized carbons (Fsp3) is 0.714. The van der Waals surface area contributed by atoms with Crippen LogP contribution in [0.15, 0.2) is 12.3 Å². The van der Waals surface area contributed by atoms with E-state index in [4.69, 9.17) is 0 Å². The minimum Gasteiger partial charge on any atom is -0.348 e. The van der Waals surface area contributed by atoms with Crippen LogP contribution in [-0.4, -0.2) is 47.8 Å². The van der Waals surface area contributed by atoms with Gasteiger partial charge in [0, 0.05) is 25.8 Å². The first-order valence-corrected chi connectivity index (χ1v) is 9.45. The summed E-state index contributed by atoms with van der Waals surface area (Å²) in [5.74, 6) is -0.397.